The highest BCUT2D eigenvalue weighted by molar-refractivity contribution is 5.94. The van der Waals surface area contributed by atoms with Crippen molar-refractivity contribution in [1.29, 1.82) is 0 Å². The van der Waals surface area contributed by atoms with E-state index < -0.39 is 42.1 Å². The Morgan fingerprint density at radius 1 is 1.12 bits per heavy atom. The first-order chi connectivity index (χ1) is 15.8. The van der Waals surface area contributed by atoms with Gasteiger partial charge in [-0.05, 0) is 23.9 Å². The molecule has 0 fully saturated rings. The van der Waals surface area contributed by atoms with Crippen molar-refractivity contribution in [2.45, 2.75) is 51.5 Å². The van der Waals surface area contributed by atoms with Gasteiger partial charge in [-0.15, -0.1) is 0 Å². The summed E-state index contributed by atoms with van der Waals surface area (Å²) in [6.07, 6.45) is 0.515. The number of carbonyl (C=O) groups is 5. The molecule has 2 atom stereocenters. The summed E-state index contributed by atoms with van der Waals surface area (Å²) in [5, 5.41) is 17.0. The van der Waals surface area contributed by atoms with Crippen LogP contribution >= 0.6 is 0 Å². The van der Waals surface area contributed by atoms with Crippen molar-refractivity contribution in [3.8, 4) is 0 Å². The topological polar surface area (TPSA) is 178 Å². The Kier molecular flexibility index (Phi) is 12.5. The SMILES string of the molecule is CCC[C@H](CC(=O)CNC(=O)CN=[N+]=[N-])C(=O)N[C@H](Cc1ccccc1)C(=O)CCC(=O)O. The number of ketones is 2. The predicted octanol–water partition coefficient (Wildman–Crippen LogP) is 1.95. The molecule has 1 aromatic carbocycles. The van der Waals surface area contributed by atoms with Gasteiger partial charge in [0.25, 0.3) is 0 Å². The van der Waals surface area contributed by atoms with Gasteiger partial charge in [-0.25, -0.2) is 0 Å². The summed E-state index contributed by atoms with van der Waals surface area (Å²) in [4.78, 5) is 62.6. The van der Waals surface area contributed by atoms with Gasteiger partial charge in [0.2, 0.25) is 11.8 Å². The number of nitrogens with zero attached hydrogens (tertiary/aromatic N) is 3. The second-order valence-corrected chi connectivity index (χ2v) is 7.51. The van der Waals surface area contributed by atoms with E-state index in [2.05, 4.69) is 20.7 Å². The average Bonchev–Trinajstić information content (AvgIpc) is 2.79. The maximum Gasteiger partial charge on any atom is 0.303 e. The number of amides is 2. The Labute approximate surface area is 191 Å². The molecule has 1 aromatic rings. The maximum absolute atomic E-state index is 12.9. The molecule has 11 nitrogen and oxygen atoms in total. The Bertz CT molecular complexity index is 883. The molecule has 1 rings (SSSR count). The van der Waals surface area contributed by atoms with Crippen LogP contribution in [0.1, 0.15) is 44.6 Å². The summed E-state index contributed by atoms with van der Waals surface area (Å²) in [5.41, 5.74) is 9.01. The molecule has 0 spiro atoms. The lowest BCUT2D eigenvalue weighted by atomic mass is 9.94. The Morgan fingerprint density at radius 3 is 2.42 bits per heavy atom. The Morgan fingerprint density at radius 2 is 1.82 bits per heavy atom. The largest absolute Gasteiger partial charge is 0.481 e. The first-order valence-electron chi connectivity index (χ1n) is 10.6. The minimum atomic E-state index is -1.11. The van der Waals surface area contributed by atoms with E-state index in [4.69, 9.17) is 10.6 Å². The smallest absolute Gasteiger partial charge is 0.303 e. The van der Waals surface area contributed by atoms with Gasteiger partial charge in [-0.3, -0.25) is 24.0 Å². The van der Waals surface area contributed by atoms with Crippen molar-refractivity contribution >= 4 is 29.4 Å². The highest BCUT2D eigenvalue weighted by Gasteiger charge is 2.27. The summed E-state index contributed by atoms with van der Waals surface area (Å²) in [6.45, 7) is 1.12. The number of hydrogen-bond donors (Lipinski definition) is 3. The van der Waals surface area contributed by atoms with Gasteiger partial charge in [-0.2, -0.15) is 0 Å². The molecule has 0 aliphatic heterocycles. The van der Waals surface area contributed by atoms with Crippen molar-refractivity contribution in [3.05, 3.63) is 46.3 Å². The van der Waals surface area contributed by atoms with Gasteiger partial charge in [0.15, 0.2) is 11.6 Å². The van der Waals surface area contributed by atoms with Gasteiger partial charge >= 0.3 is 5.97 Å². The molecule has 0 aromatic heterocycles. The highest BCUT2D eigenvalue weighted by Crippen LogP contribution is 2.14. The van der Waals surface area contributed by atoms with Crippen LogP contribution in [0.25, 0.3) is 10.4 Å². The average molecular weight is 460 g/mol. The zero-order valence-electron chi connectivity index (χ0n) is 18.5. The van der Waals surface area contributed by atoms with Crippen molar-refractivity contribution in [1.82, 2.24) is 10.6 Å². The highest BCUT2D eigenvalue weighted by atomic mass is 16.4. The fourth-order valence-electron chi connectivity index (χ4n) is 3.16. The molecule has 0 heterocycles. The van der Waals surface area contributed by atoms with Crippen LogP contribution in [0.15, 0.2) is 35.4 Å². The molecular weight excluding hydrogens is 430 g/mol. The summed E-state index contributed by atoms with van der Waals surface area (Å²) in [5.74, 6) is -3.68. The van der Waals surface area contributed by atoms with E-state index >= 15 is 0 Å². The number of benzene rings is 1. The van der Waals surface area contributed by atoms with Crippen molar-refractivity contribution in [3.63, 3.8) is 0 Å². The number of carboxylic acids is 1. The zero-order valence-corrected chi connectivity index (χ0v) is 18.5. The molecule has 11 heteroatoms. The maximum atomic E-state index is 12.9. The Hall–Kier alpha value is -3.72. The fraction of sp³-hybridized carbons (Fsp3) is 0.500. The van der Waals surface area contributed by atoms with Crippen molar-refractivity contribution in [2.24, 2.45) is 11.0 Å². The minimum absolute atomic E-state index is 0.136. The number of carboxylic acid groups (broad SMARTS) is 1. The second kappa shape index (κ2) is 15.1. The quantitative estimate of drug-likeness (QED) is 0.193. The van der Waals surface area contributed by atoms with Crippen LogP contribution in [0.2, 0.25) is 0 Å². The fourth-order valence-corrected chi connectivity index (χ4v) is 3.16. The number of nitrogens with one attached hydrogen (secondary N) is 2. The molecule has 0 unspecified atom stereocenters. The molecule has 0 saturated carbocycles. The van der Waals surface area contributed by atoms with Crippen LogP contribution in [0, 0.1) is 5.92 Å². The molecule has 3 N–H and O–H groups in total. The van der Waals surface area contributed by atoms with Crippen LogP contribution in [0.3, 0.4) is 0 Å². The molecule has 0 saturated heterocycles. The van der Waals surface area contributed by atoms with Crippen molar-refractivity contribution in [2.75, 3.05) is 13.1 Å². The van der Waals surface area contributed by atoms with E-state index in [0.29, 0.717) is 12.8 Å². The van der Waals surface area contributed by atoms with E-state index in [9.17, 15) is 24.0 Å². The molecule has 178 valence electrons. The van der Waals surface area contributed by atoms with E-state index in [-0.39, 0.29) is 38.0 Å². The van der Waals surface area contributed by atoms with Gasteiger partial charge < -0.3 is 15.7 Å². The first-order valence-corrected chi connectivity index (χ1v) is 10.6. The summed E-state index contributed by atoms with van der Waals surface area (Å²) >= 11 is 0. The third-order valence-electron chi connectivity index (χ3n) is 4.82. The molecular formula is C22H29N5O6. The molecule has 0 bridgehead atoms. The normalized spacial score (nSPS) is 12.0. The van der Waals surface area contributed by atoms with E-state index in [0.717, 1.165) is 5.56 Å². The Balaban J connectivity index is 2.82. The van der Waals surface area contributed by atoms with Gasteiger partial charge in [0.1, 0.15) is 6.54 Å². The van der Waals surface area contributed by atoms with E-state index in [1.165, 1.54) is 0 Å². The number of azide groups is 1. The number of hydrogen-bond acceptors (Lipinski definition) is 6. The first kappa shape index (κ1) is 27.3. The summed E-state index contributed by atoms with van der Waals surface area (Å²) in [7, 11) is 0. The monoisotopic (exact) mass is 459 g/mol. The van der Waals surface area contributed by atoms with E-state index in [1.807, 2.05) is 13.0 Å². The predicted molar refractivity (Wildman–Crippen MR) is 119 cm³/mol. The van der Waals surface area contributed by atoms with Crippen LogP contribution in [-0.2, 0) is 30.4 Å². The summed E-state index contributed by atoms with van der Waals surface area (Å²) < 4.78 is 0. The lowest BCUT2D eigenvalue weighted by Gasteiger charge is -2.22. The van der Waals surface area contributed by atoms with Crippen LogP contribution in [0.4, 0.5) is 0 Å². The number of carbonyl (C=O) groups excluding carboxylic acids is 4. The number of Topliss-reactive ketones (excluding diaryl/α,β-unsaturated/α-hetero) is 2. The molecule has 2 amide bonds. The second-order valence-electron chi connectivity index (χ2n) is 7.51. The van der Waals surface area contributed by atoms with Crippen molar-refractivity contribution < 1.29 is 29.1 Å². The van der Waals surface area contributed by atoms with Crippen LogP contribution in [0.5, 0.6) is 0 Å². The van der Waals surface area contributed by atoms with Gasteiger partial charge in [0, 0.05) is 23.7 Å². The molecule has 0 aliphatic carbocycles. The lowest BCUT2D eigenvalue weighted by molar-refractivity contribution is -0.139. The number of aliphatic carboxylic acids is 1. The zero-order chi connectivity index (χ0) is 24.6. The standard InChI is InChI=1S/C22H29N5O6/c1-2-6-16(12-17(28)13-24-20(30)14-25-27-23)22(33)26-18(19(29)9-10-21(31)32)11-15-7-4-3-5-8-15/h3-5,7-8,16,18H,2,6,9-14H2,1H3,(H,24,30)(H,26,33)(H,31,32)/t16-,18-/m1/s1. The third kappa shape index (κ3) is 11.5. The molecule has 0 radical (unpaired) electrons. The minimum Gasteiger partial charge on any atom is -0.481 e. The van der Waals surface area contributed by atoms with Gasteiger partial charge in [0.05, 0.1) is 19.0 Å². The van der Waals surface area contributed by atoms with Crippen LogP contribution < -0.4 is 10.6 Å². The third-order valence-corrected chi connectivity index (χ3v) is 4.82. The molecule has 33 heavy (non-hydrogen) atoms. The van der Waals surface area contributed by atoms with Gasteiger partial charge in [-0.1, -0.05) is 48.8 Å². The lowest BCUT2D eigenvalue weighted by Crippen LogP contribution is -2.45. The summed E-state index contributed by atoms with van der Waals surface area (Å²) in [6, 6.07) is 8.09. The molecule has 0 aliphatic rings. The van der Waals surface area contributed by atoms with E-state index in [1.54, 1.807) is 24.3 Å². The number of rotatable bonds is 16. The van der Waals surface area contributed by atoms with Crippen LogP contribution in [-0.4, -0.2) is 53.6 Å².